The van der Waals surface area contributed by atoms with E-state index >= 15 is 0 Å². The van der Waals surface area contributed by atoms with Gasteiger partial charge in [-0.05, 0) is 67.3 Å². The van der Waals surface area contributed by atoms with Gasteiger partial charge < -0.3 is 15.1 Å². The fraction of sp³-hybridized carbons (Fsp3) is 0.333. The van der Waals surface area contributed by atoms with E-state index in [4.69, 9.17) is 0 Å². The number of anilines is 2. The van der Waals surface area contributed by atoms with Gasteiger partial charge in [0.2, 0.25) is 5.91 Å². The fourth-order valence-corrected chi connectivity index (χ4v) is 4.43. The molecular weight excluding hydrogens is 453 g/mol. The highest BCUT2D eigenvalue weighted by molar-refractivity contribution is 6.04. The maximum Gasteiger partial charge on any atom is 0.255 e. The minimum Gasteiger partial charge on any atom is -0.377 e. The third-order valence-electron chi connectivity index (χ3n) is 6.61. The Morgan fingerprint density at radius 1 is 0.917 bits per heavy atom. The number of carbonyl (C=O) groups is 2. The first-order chi connectivity index (χ1) is 17.2. The van der Waals surface area contributed by atoms with Gasteiger partial charge in [-0.25, -0.2) is 4.39 Å². The van der Waals surface area contributed by atoms with Gasteiger partial charge in [-0.15, -0.1) is 0 Å². The summed E-state index contributed by atoms with van der Waals surface area (Å²) >= 11 is 0. The van der Waals surface area contributed by atoms with E-state index in [-0.39, 0.29) is 29.3 Å². The molecule has 1 N–H and O–H groups in total. The molecule has 3 aromatic carbocycles. The third kappa shape index (κ3) is 6.51. The van der Waals surface area contributed by atoms with Crippen LogP contribution < -0.4 is 10.2 Å². The molecule has 3 aromatic rings. The van der Waals surface area contributed by atoms with E-state index in [0.717, 1.165) is 29.7 Å². The van der Waals surface area contributed by atoms with Crippen LogP contribution in [0.2, 0.25) is 0 Å². The lowest BCUT2D eigenvalue weighted by atomic mass is 9.98. The molecule has 0 aromatic heterocycles. The highest BCUT2D eigenvalue weighted by atomic mass is 19.1. The third-order valence-corrected chi connectivity index (χ3v) is 6.61. The molecule has 0 radical (unpaired) electrons. The molecule has 5 nitrogen and oxygen atoms in total. The van der Waals surface area contributed by atoms with Crippen LogP contribution in [0.5, 0.6) is 0 Å². The quantitative estimate of drug-likeness (QED) is 0.346. The van der Waals surface area contributed by atoms with Gasteiger partial charge in [-0.3, -0.25) is 9.59 Å². The minimum absolute atomic E-state index is 0.0603. The molecule has 0 fully saturated rings. The second-order valence-corrected chi connectivity index (χ2v) is 9.27. The fourth-order valence-electron chi connectivity index (χ4n) is 4.43. The Labute approximate surface area is 213 Å². The molecular formula is C30H36FN3O2. The van der Waals surface area contributed by atoms with Gasteiger partial charge in [0.25, 0.3) is 5.91 Å². The molecule has 0 spiro atoms. The van der Waals surface area contributed by atoms with Crippen LogP contribution in [0.25, 0.3) is 0 Å². The molecule has 1 atom stereocenters. The summed E-state index contributed by atoms with van der Waals surface area (Å²) in [6.07, 6.45) is 1.55. The Morgan fingerprint density at radius 2 is 1.61 bits per heavy atom. The molecule has 2 amide bonds. The lowest BCUT2D eigenvalue weighted by molar-refractivity contribution is -0.138. The van der Waals surface area contributed by atoms with Crippen LogP contribution in [0.15, 0.2) is 72.8 Å². The number of rotatable bonds is 10. The molecule has 0 heterocycles. The van der Waals surface area contributed by atoms with Crippen molar-refractivity contribution in [2.75, 3.05) is 24.3 Å². The van der Waals surface area contributed by atoms with E-state index in [0.29, 0.717) is 12.2 Å². The molecule has 0 aliphatic heterocycles. The Morgan fingerprint density at radius 3 is 2.22 bits per heavy atom. The molecule has 0 saturated heterocycles. The molecule has 0 bridgehead atoms. The van der Waals surface area contributed by atoms with E-state index in [9.17, 15) is 14.0 Å². The zero-order valence-electron chi connectivity index (χ0n) is 21.8. The van der Waals surface area contributed by atoms with Crippen molar-refractivity contribution in [1.29, 1.82) is 0 Å². The van der Waals surface area contributed by atoms with Gasteiger partial charge in [0.15, 0.2) is 0 Å². The zero-order chi connectivity index (χ0) is 26.2. The number of benzene rings is 3. The summed E-state index contributed by atoms with van der Waals surface area (Å²) in [6, 6.07) is 21.2. The predicted octanol–water partition coefficient (Wildman–Crippen LogP) is 6.67. The van der Waals surface area contributed by atoms with Crippen molar-refractivity contribution in [1.82, 2.24) is 4.90 Å². The van der Waals surface area contributed by atoms with Crippen LogP contribution in [0, 0.1) is 11.7 Å². The molecule has 0 saturated carbocycles. The first kappa shape index (κ1) is 26.9. The molecule has 6 heteroatoms. The van der Waals surface area contributed by atoms with Gasteiger partial charge in [0.1, 0.15) is 5.82 Å². The van der Waals surface area contributed by atoms with Crippen molar-refractivity contribution in [3.63, 3.8) is 0 Å². The first-order valence-electron chi connectivity index (χ1n) is 12.5. The van der Waals surface area contributed by atoms with Gasteiger partial charge in [-0.2, -0.15) is 0 Å². The smallest absolute Gasteiger partial charge is 0.255 e. The number of hydrogen-bond acceptors (Lipinski definition) is 3. The van der Waals surface area contributed by atoms with Crippen molar-refractivity contribution < 1.29 is 14.0 Å². The summed E-state index contributed by atoms with van der Waals surface area (Å²) in [5, 5.41) is 2.87. The van der Waals surface area contributed by atoms with Crippen molar-refractivity contribution in [3.8, 4) is 0 Å². The lowest BCUT2D eigenvalue weighted by Crippen LogP contribution is -2.37. The zero-order valence-corrected chi connectivity index (χ0v) is 21.8. The number of amides is 2. The highest BCUT2D eigenvalue weighted by Gasteiger charge is 2.27. The first-order valence-corrected chi connectivity index (χ1v) is 12.5. The number of nitrogens with zero attached hydrogens (tertiary/aromatic N) is 2. The largest absolute Gasteiger partial charge is 0.377 e. The summed E-state index contributed by atoms with van der Waals surface area (Å²) < 4.78 is 13.6. The summed E-state index contributed by atoms with van der Waals surface area (Å²) in [6.45, 7) is 6.54. The monoisotopic (exact) mass is 489 g/mol. The molecule has 0 aliphatic carbocycles. The maximum absolute atomic E-state index is 13.7. The maximum atomic E-state index is 13.7. The normalized spacial score (nSPS) is 11.8. The van der Waals surface area contributed by atoms with Crippen molar-refractivity contribution in [2.45, 2.75) is 46.2 Å². The SMILES string of the molecule is CCC(CC)C(=O)N(Cc1cc(NC(=O)c2cccc(F)c2)ccc1N(C)C)[C@@H](C)c1ccccc1. The number of nitrogens with one attached hydrogen (secondary N) is 1. The van der Waals surface area contributed by atoms with E-state index in [1.165, 1.54) is 18.2 Å². The summed E-state index contributed by atoms with van der Waals surface area (Å²) in [4.78, 5) is 30.4. The van der Waals surface area contributed by atoms with Crippen LogP contribution in [0.4, 0.5) is 15.8 Å². The van der Waals surface area contributed by atoms with Crippen LogP contribution in [-0.4, -0.2) is 30.8 Å². The topological polar surface area (TPSA) is 52.7 Å². The van der Waals surface area contributed by atoms with Gasteiger partial charge in [0, 0.05) is 43.5 Å². The average molecular weight is 490 g/mol. The van der Waals surface area contributed by atoms with Crippen molar-refractivity contribution >= 4 is 23.2 Å². The second-order valence-electron chi connectivity index (χ2n) is 9.27. The Kier molecular flexibility index (Phi) is 9.23. The summed E-state index contributed by atoms with van der Waals surface area (Å²) in [7, 11) is 3.91. The minimum atomic E-state index is -0.461. The Bertz CT molecular complexity index is 1180. The standard InChI is InChI=1S/C30H36FN3O2/c1-6-22(7-2)30(36)34(21(3)23-12-9-8-10-13-23)20-25-19-27(16-17-28(25)33(4)5)32-29(35)24-14-11-15-26(31)18-24/h8-19,21-22H,6-7,20H2,1-5H3,(H,32,35)/t21-/m0/s1. The van der Waals surface area contributed by atoms with E-state index in [1.807, 2.05) is 86.3 Å². The van der Waals surface area contributed by atoms with Crippen molar-refractivity contribution in [2.24, 2.45) is 5.92 Å². The predicted molar refractivity (Wildman–Crippen MR) is 145 cm³/mol. The molecule has 190 valence electrons. The Hall–Kier alpha value is -3.67. The summed E-state index contributed by atoms with van der Waals surface area (Å²) in [5.41, 5.74) is 3.78. The molecule has 0 unspecified atom stereocenters. The molecule has 3 rings (SSSR count). The average Bonchev–Trinajstić information content (AvgIpc) is 2.88. The Balaban J connectivity index is 1.97. The van der Waals surface area contributed by atoms with Crippen LogP contribution >= 0.6 is 0 Å². The summed E-state index contributed by atoms with van der Waals surface area (Å²) in [5.74, 6) is -0.789. The van der Waals surface area contributed by atoms with Gasteiger partial charge >= 0.3 is 0 Å². The van der Waals surface area contributed by atoms with Crippen LogP contribution in [0.1, 0.15) is 61.1 Å². The van der Waals surface area contributed by atoms with E-state index in [1.54, 1.807) is 6.07 Å². The van der Waals surface area contributed by atoms with Gasteiger partial charge in [0.05, 0.1) is 6.04 Å². The molecule has 0 aliphatic rings. The number of halogens is 1. The van der Waals surface area contributed by atoms with E-state index in [2.05, 4.69) is 12.2 Å². The van der Waals surface area contributed by atoms with Crippen LogP contribution in [0.3, 0.4) is 0 Å². The highest BCUT2D eigenvalue weighted by Crippen LogP contribution is 2.31. The van der Waals surface area contributed by atoms with Gasteiger partial charge in [-0.1, -0.05) is 50.2 Å². The second kappa shape index (κ2) is 12.3. The van der Waals surface area contributed by atoms with Crippen LogP contribution in [-0.2, 0) is 11.3 Å². The lowest BCUT2D eigenvalue weighted by Gasteiger charge is -2.34. The van der Waals surface area contributed by atoms with Crippen molar-refractivity contribution in [3.05, 3.63) is 95.3 Å². The number of hydrogen-bond donors (Lipinski definition) is 1. The number of carbonyl (C=O) groups excluding carboxylic acids is 2. The van der Waals surface area contributed by atoms with E-state index < -0.39 is 5.82 Å². The molecule has 36 heavy (non-hydrogen) atoms.